The van der Waals surface area contributed by atoms with Crippen molar-refractivity contribution < 1.29 is 9.13 Å². The van der Waals surface area contributed by atoms with E-state index in [4.69, 9.17) is 6.42 Å². The summed E-state index contributed by atoms with van der Waals surface area (Å²) >= 11 is 0. The van der Waals surface area contributed by atoms with Gasteiger partial charge in [-0.3, -0.25) is 0 Å². The molecule has 0 N–H and O–H groups in total. The third kappa shape index (κ3) is 7.44. The molecule has 69 heavy (non-hydrogen) atoms. The molecule has 2 aromatic heterocycles. The highest BCUT2D eigenvalue weighted by molar-refractivity contribution is 5.98. The first kappa shape index (κ1) is 43.9. The SMILES string of the molecule is C#CC=c1ccccc1=C(C)c1cc(-c2cccc(-c3ccc(CC45c6ccccc6-c6ccc(CCCC)c[n+]6C4C5(C)CC)c(-c4cccc[n+]4C)c3)c2)cc(-c2cccc3ccccc23)c1. The summed E-state index contributed by atoms with van der Waals surface area (Å²) in [4.78, 5) is 0. The fourth-order valence-electron chi connectivity index (χ4n) is 12.2. The van der Waals surface area contributed by atoms with Crippen molar-refractivity contribution in [1.82, 2.24) is 0 Å². The summed E-state index contributed by atoms with van der Waals surface area (Å²) in [5, 5.41) is 4.66. The Hall–Kier alpha value is -7.60. The number of aryl methyl sites for hydroxylation is 2. The van der Waals surface area contributed by atoms with Crippen molar-refractivity contribution in [3.05, 3.63) is 227 Å². The summed E-state index contributed by atoms with van der Waals surface area (Å²) < 4.78 is 4.98. The topological polar surface area (TPSA) is 7.76 Å². The minimum absolute atomic E-state index is 0.0513. The number of hydrogen-bond acceptors (Lipinski definition) is 0. The molecule has 9 aromatic rings. The second kappa shape index (κ2) is 17.8. The van der Waals surface area contributed by atoms with E-state index in [0.717, 1.165) is 29.7 Å². The molecule has 3 unspecified atom stereocenters. The van der Waals surface area contributed by atoms with E-state index in [0.29, 0.717) is 6.04 Å². The zero-order chi connectivity index (χ0) is 47.3. The summed E-state index contributed by atoms with van der Waals surface area (Å²) in [6.45, 7) is 9.49. The molecule has 0 spiro atoms. The Kier molecular flexibility index (Phi) is 11.3. The molecule has 3 heterocycles. The molecule has 2 heteroatoms. The van der Waals surface area contributed by atoms with E-state index in [-0.39, 0.29) is 10.8 Å². The Labute approximate surface area is 408 Å². The van der Waals surface area contributed by atoms with E-state index in [1.54, 1.807) is 0 Å². The van der Waals surface area contributed by atoms with Crippen LogP contribution in [-0.2, 0) is 25.3 Å². The van der Waals surface area contributed by atoms with Gasteiger partial charge in [0, 0.05) is 34.7 Å². The quantitative estimate of drug-likeness (QED) is 0.0903. The number of aromatic nitrogens is 2. The van der Waals surface area contributed by atoms with Gasteiger partial charge in [0.1, 0.15) is 7.05 Å². The average Bonchev–Trinajstić information content (AvgIpc) is 3.96. The normalized spacial score (nSPS) is 18.5. The van der Waals surface area contributed by atoms with Gasteiger partial charge in [0.05, 0.1) is 11.0 Å². The molecular formula is C67H60N2+2. The van der Waals surface area contributed by atoms with Gasteiger partial charge in [-0.25, -0.2) is 4.57 Å². The van der Waals surface area contributed by atoms with E-state index >= 15 is 0 Å². The van der Waals surface area contributed by atoms with E-state index in [2.05, 4.69) is 244 Å². The average molecular weight is 893 g/mol. The number of fused-ring (bicyclic) bond motifs is 7. The highest BCUT2D eigenvalue weighted by Gasteiger charge is 2.81. The lowest BCUT2D eigenvalue weighted by molar-refractivity contribution is -0.700. The number of nitrogens with zero attached hydrogens (tertiary/aromatic N) is 2. The monoisotopic (exact) mass is 892 g/mol. The van der Waals surface area contributed by atoms with Crippen LogP contribution in [0.25, 0.3) is 78.3 Å². The second-order valence-corrected chi connectivity index (χ2v) is 19.8. The molecule has 0 saturated heterocycles. The van der Waals surface area contributed by atoms with Crippen LogP contribution in [0.3, 0.4) is 0 Å². The summed E-state index contributed by atoms with van der Waals surface area (Å²) in [5.41, 5.74) is 19.1. The lowest BCUT2D eigenvalue weighted by Crippen LogP contribution is -2.43. The Morgan fingerprint density at radius 1 is 0.652 bits per heavy atom. The van der Waals surface area contributed by atoms with Crippen LogP contribution >= 0.6 is 0 Å². The molecule has 7 aromatic carbocycles. The van der Waals surface area contributed by atoms with E-state index in [1.165, 1.54) is 107 Å². The van der Waals surface area contributed by atoms with Crippen LogP contribution in [0.4, 0.5) is 0 Å². The maximum atomic E-state index is 5.84. The maximum absolute atomic E-state index is 5.84. The van der Waals surface area contributed by atoms with Crippen LogP contribution in [0.5, 0.6) is 0 Å². The van der Waals surface area contributed by atoms with E-state index < -0.39 is 0 Å². The van der Waals surface area contributed by atoms with Crippen molar-refractivity contribution >= 4 is 22.4 Å². The molecule has 0 bridgehead atoms. The van der Waals surface area contributed by atoms with Crippen LogP contribution in [-0.4, -0.2) is 0 Å². The fourth-order valence-corrected chi connectivity index (χ4v) is 12.2. The first-order valence-corrected chi connectivity index (χ1v) is 24.9. The predicted octanol–water partition coefficient (Wildman–Crippen LogP) is 13.7. The van der Waals surface area contributed by atoms with E-state index in [1.807, 2.05) is 6.08 Å². The van der Waals surface area contributed by atoms with Crippen molar-refractivity contribution in [1.29, 1.82) is 0 Å². The Morgan fingerprint density at radius 2 is 1.36 bits per heavy atom. The Bertz CT molecular complexity index is 3640. The van der Waals surface area contributed by atoms with Crippen molar-refractivity contribution in [2.75, 3.05) is 0 Å². The van der Waals surface area contributed by atoms with Gasteiger partial charge in [-0.05, 0) is 164 Å². The van der Waals surface area contributed by atoms with Crippen molar-refractivity contribution in [3.63, 3.8) is 0 Å². The Morgan fingerprint density at radius 3 is 2.20 bits per heavy atom. The first-order valence-electron chi connectivity index (χ1n) is 24.9. The molecule has 0 radical (unpaired) electrons. The third-order valence-electron chi connectivity index (χ3n) is 16.1. The molecule has 1 aliphatic heterocycles. The van der Waals surface area contributed by atoms with Gasteiger partial charge in [0.15, 0.2) is 18.4 Å². The Balaban J connectivity index is 1.05. The zero-order valence-electron chi connectivity index (χ0n) is 40.6. The van der Waals surface area contributed by atoms with Crippen LogP contribution in [0, 0.1) is 17.8 Å². The number of benzene rings is 7. The van der Waals surface area contributed by atoms with Gasteiger partial charge >= 0.3 is 0 Å². The summed E-state index contributed by atoms with van der Waals surface area (Å²) in [5.74, 6) is 2.77. The van der Waals surface area contributed by atoms with Gasteiger partial charge < -0.3 is 0 Å². The largest absolute Gasteiger partial charge is 0.213 e. The van der Waals surface area contributed by atoms with Gasteiger partial charge in [0.25, 0.3) is 0 Å². The molecule has 1 fully saturated rings. The highest BCUT2D eigenvalue weighted by atomic mass is 15.1. The van der Waals surface area contributed by atoms with Gasteiger partial charge in [-0.15, -0.1) is 6.42 Å². The molecular weight excluding hydrogens is 833 g/mol. The molecule has 3 atom stereocenters. The van der Waals surface area contributed by atoms with Crippen molar-refractivity contribution in [3.8, 4) is 68.2 Å². The highest BCUT2D eigenvalue weighted by Crippen LogP contribution is 2.76. The lowest BCUT2D eigenvalue weighted by Gasteiger charge is -2.26. The van der Waals surface area contributed by atoms with Crippen LogP contribution in [0.15, 0.2) is 194 Å². The molecule has 0 amide bonds. The number of pyridine rings is 2. The zero-order valence-corrected chi connectivity index (χ0v) is 40.6. The lowest BCUT2D eigenvalue weighted by atomic mass is 9.76. The number of terminal acetylenes is 1. The van der Waals surface area contributed by atoms with Crippen LogP contribution in [0.2, 0.25) is 0 Å². The minimum Gasteiger partial charge on any atom is -0.201 e. The van der Waals surface area contributed by atoms with Gasteiger partial charge in [-0.2, -0.15) is 4.57 Å². The van der Waals surface area contributed by atoms with Gasteiger partial charge in [-0.1, -0.05) is 148 Å². The smallest absolute Gasteiger partial charge is 0.201 e. The number of hydrogen-bond donors (Lipinski definition) is 0. The molecule has 336 valence electrons. The fraction of sp³-hybridized carbons (Fsp3) is 0.194. The minimum atomic E-state index is -0.0513. The molecule has 2 nitrogen and oxygen atoms in total. The summed E-state index contributed by atoms with van der Waals surface area (Å²) in [7, 11) is 2.18. The summed E-state index contributed by atoms with van der Waals surface area (Å²) in [6.07, 6.45) is 18.0. The van der Waals surface area contributed by atoms with Crippen molar-refractivity contribution in [2.24, 2.45) is 12.5 Å². The van der Waals surface area contributed by atoms with Crippen molar-refractivity contribution in [2.45, 2.75) is 71.3 Å². The molecule has 2 aliphatic rings. The summed E-state index contributed by atoms with van der Waals surface area (Å²) in [6, 6.07) is 68.3. The maximum Gasteiger partial charge on any atom is 0.213 e. The molecule has 11 rings (SSSR count). The van der Waals surface area contributed by atoms with Crippen LogP contribution in [0.1, 0.15) is 75.3 Å². The number of rotatable bonds is 11. The first-order chi connectivity index (χ1) is 33.8. The van der Waals surface area contributed by atoms with Crippen LogP contribution < -0.4 is 19.6 Å². The predicted molar refractivity (Wildman–Crippen MR) is 288 cm³/mol. The number of unbranched alkanes of at least 4 members (excludes halogenated alkanes) is 1. The van der Waals surface area contributed by atoms with E-state index in [9.17, 15) is 0 Å². The molecule has 1 saturated carbocycles. The standard InChI is InChI=1S/C67H60N2/c1-7-10-22-47-34-37-64-60-30-15-16-32-62(60)67(65(69(64)45-47)66(67,5)9-3)44-53-36-35-52(43-61(53)63-33-17-18-38-68(63)6)50-26-19-27-51(39-50)55-40-54(46(4)57-28-13-11-23-48(57)21-8-2)41-56(42-55)59-31-20-25-49-24-12-14-29-58(49)59/h2,11-21,23-43,45,65H,7,9-10,22,44H2,1,3-6H3/q+2. The van der Waals surface area contributed by atoms with Gasteiger partial charge in [0.2, 0.25) is 11.4 Å². The third-order valence-corrected chi connectivity index (χ3v) is 16.1. The molecule has 1 aliphatic carbocycles. The second-order valence-electron chi connectivity index (χ2n) is 19.8.